The zero-order valence-corrected chi connectivity index (χ0v) is 20.1. The van der Waals surface area contributed by atoms with Gasteiger partial charge in [0.2, 0.25) is 11.8 Å². The van der Waals surface area contributed by atoms with E-state index in [0.717, 1.165) is 0 Å². The largest absolute Gasteiger partial charge is 0.466 e. The molecule has 1 unspecified atom stereocenters. The number of allylic oxidation sites excluding steroid dienone is 1. The summed E-state index contributed by atoms with van der Waals surface area (Å²) >= 11 is 0. The molecule has 1 aliphatic heterocycles. The summed E-state index contributed by atoms with van der Waals surface area (Å²) in [6.45, 7) is 3.47. The number of nitrogens with zero attached hydrogens (tertiary/aromatic N) is 4. The second-order valence-corrected chi connectivity index (χ2v) is 7.96. The van der Waals surface area contributed by atoms with Gasteiger partial charge in [-0.05, 0) is 30.2 Å². The van der Waals surface area contributed by atoms with Crippen molar-refractivity contribution >= 4 is 17.6 Å². The number of hydrogen-bond donors (Lipinski definition) is 1. The molecule has 0 fully saturated rings. The van der Waals surface area contributed by atoms with Crippen LogP contribution in [-0.4, -0.2) is 36.4 Å². The molecule has 10 heteroatoms. The van der Waals surface area contributed by atoms with E-state index in [1.165, 1.54) is 19.1 Å². The molecule has 0 radical (unpaired) electrons. The molecule has 1 aromatic heterocycles. The Labute approximate surface area is 207 Å². The van der Waals surface area contributed by atoms with E-state index in [0.29, 0.717) is 28.3 Å². The van der Waals surface area contributed by atoms with Gasteiger partial charge in [-0.15, -0.1) is 10.2 Å². The standard InChI is InChI=1S/C26H23N5O5/c1-14-10-11-17(24-30-29-15(2)36-24)12-19(14)31-22(26(33)35-4)21(25(32)34-3)20(18(13-27)23(31)28)16-8-6-5-7-9-16/h5-12,20H,28H2,1-4H3. The minimum absolute atomic E-state index is 0.0265. The van der Waals surface area contributed by atoms with Gasteiger partial charge in [0.25, 0.3) is 0 Å². The Morgan fingerprint density at radius 2 is 1.75 bits per heavy atom. The smallest absolute Gasteiger partial charge is 0.355 e. The molecule has 0 spiro atoms. The SMILES string of the molecule is COC(=O)C1=C(C(=O)OC)N(c2cc(-c3nnc(C)o3)ccc2C)C(N)=C(C#N)C1c1ccccc1. The van der Waals surface area contributed by atoms with Gasteiger partial charge in [0.1, 0.15) is 11.5 Å². The number of hydrogen-bond acceptors (Lipinski definition) is 10. The van der Waals surface area contributed by atoms with Crippen molar-refractivity contribution in [2.75, 3.05) is 19.1 Å². The van der Waals surface area contributed by atoms with Crippen LogP contribution in [0, 0.1) is 25.2 Å². The van der Waals surface area contributed by atoms with Gasteiger partial charge in [-0.25, -0.2) is 9.59 Å². The Morgan fingerprint density at radius 1 is 1.06 bits per heavy atom. The van der Waals surface area contributed by atoms with Crippen molar-refractivity contribution in [1.29, 1.82) is 5.26 Å². The second kappa shape index (κ2) is 9.76. The van der Waals surface area contributed by atoms with E-state index in [1.54, 1.807) is 62.4 Å². The van der Waals surface area contributed by atoms with Crippen LogP contribution in [0.15, 0.2) is 75.6 Å². The minimum Gasteiger partial charge on any atom is -0.466 e. The normalized spacial score (nSPS) is 15.5. The molecule has 2 N–H and O–H groups in total. The lowest BCUT2D eigenvalue weighted by Crippen LogP contribution is -2.41. The summed E-state index contributed by atoms with van der Waals surface area (Å²) in [5.41, 5.74) is 8.68. The number of carbonyl (C=O) groups excluding carboxylic acids is 2. The third-order valence-corrected chi connectivity index (χ3v) is 5.83. The molecule has 182 valence electrons. The quantitative estimate of drug-likeness (QED) is 0.535. The fourth-order valence-electron chi connectivity index (χ4n) is 4.16. The van der Waals surface area contributed by atoms with Crippen LogP contribution in [0.4, 0.5) is 5.69 Å². The van der Waals surface area contributed by atoms with E-state index < -0.39 is 17.9 Å². The number of aryl methyl sites for hydroxylation is 2. The third-order valence-electron chi connectivity index (χ3n) is 5.83. The van der Waals surface area contributed by atoms with Crippen LogP contribution < -0.4 is 10.6 Å². The highest BCUT2D eigenvalue weighted by molar-refractivity contribution is 6.06. The van der Waals surface area contributed by atoms with Crippen LogP contribution in [-0.2, 0) is 19.1 Å². The Bertz CT molecular complexity index is 1450. The molecule has 10 nitrogen and oxygen atoms in total. The summed E-state index contributed by atoms with van der Waals surface area (Å²) in [5.74, 6) is -1.96. The van der Waals surface area contributed by atoms with Crippen LogP contribution in [0.1, 0.15) is 22.9 Å². The van der Waals surface area contributed by atoms with Gasteiger partial charge in [-0.1, -0.05) is 36.4 Å². The first kappa shape index (κ1) is 24.2. The number of anilines is 1. The maximum Gasteiger partial charge on any atom is 0.355 e. The summed E-state index contributed by atoms with van der Waals surface area (Å²) in [6, 6.07) is 16.2. The number of methoxy groups -OCH3 is 2. The Balaban J connectivity index is 2.06. The monoisotopic (exact) mass is 485 g/mol. The predicted molar refractivity (Wildman–Crippen MR) is 129 cm³/mol. The van der Waals surface area contributed by atoms with Crippen molar-refractivity contribution in [2.24, 2.45) is 5.73 Å². The molecule has 3 aromatic rings. The molecule has 1 atom stereocenters. The second-order valence-electron chi connectivity index (χ2n) is 7.96. The molecule has 0 saturated carbocycles. The van der Waals surface area contributed by atoms with Crippen molar-refractivity contribution in [3.05, 3.63) is 88.2 Å². The van der Waals surface area contributed by atoms with Crippen LogP contribution >= 0.6 is 0 Å². The van der Waals surface area contributed by atoms with E-state index in [2.05, 4.69) is 16.3 Å². The van der Waals surface area contributed by atoms with E-state index in [-0.39, 0.29) is 28.6 Å². The van der Waals surface area contributed by atoms with Gasteiger partial charge in [0, 0.05) is 12.5 Å². The average Bonchev–Trinajstić information content (AvgIpc) is 3.34. The van der Waals surface area contributed by atoms with E-state index in [1.807, 2.05) is 0 Å². The highest BCUT2D eigenvalue weighted by Crippen LogP contribution is 2.44. The molecule has 36 heavy (non-hydrogen) atoms. The van der Waals surface area contributed by atoms with Crippen molar-refractivity contribution in [1.82, 2.24) is 10.2 Å². The number of nitriles is 1. The van der Waals surface area contributed by atoms with Gasteiger partial charge in [0.15, 0.2) is 0 Å². The fraction of sp³-hybridized carbons (Fsp3) is 0.192. The maximum absolute atomic E-state index is 13.2. The van der Waals surface area contributed by atoms with Gasteiger partial charge >= 0.3 is 11.9 Å². The van der Waals surface area contributed by atoms with Gasteiger partial charge in [-0.2, -0.15) is 5.26 Å². The number of nitrogens with two attached hydrogens (primary N) is 1. The number of esters is 2. The van der Waals surface area contributed by atoms with Crippen molar-refractivity contribution < 1.29 is 23.5 Å². The molecule has 4 rings (SSSR count). The van der Waals surface area contributed by atoms with E-state index in [4.69, 9.17) is 19.6 Å². The van der Waals surface area contributed by atoms with Crippen molar-refractivity contribution in [3.63, 3.8) is 0 Å². The highest BCUT2D eigenvalue weighted by atomic mass is 16.5. The van der Waals surface area contributed by atoms with Crippen LogP contribution in [0.2, 0.25) is 0 Å². The van der Waals surface area contributed by atoms with Crippen LogP contribution in [0.5, 0.6) is 0 Å². The molecule has 2 aromatic carbocycles. The third kappa shape index (κ3) is 4.07. The van der Waals surface area contributed by atoms with E-state index in [9.17, 15) is 14.9 Å². The average molecular weight is 486 g/mol. The first-order chi connectivity index (χ1) is 17.3. The summed E-state index contributed by atoms with van der Waals surface area (Å²) in [4.78, 5) is 27.8. The Kier molecular flexibility index (Phi) is 6.56. The maximum atomic E-state index is 13.2. The van der Waals surface area contributed by atoms with Crippen molar-refractivity contribution in [2.45, 2.75) is 19.8 Å². The lowest BCUT2D eigenvalue weighted by molar-refractivity contribution is -0.139. The lowest BCUT2D eigenvalue weighted by Gasteiger charge is -2.36. The molecule has 0 aliphatic carbocycles. The number of ether oxygens (including phenoxy) is 2. The Morgan fingerprint density at radius 3 is 2.33 bits per heavy atom. The molecular formula is C26H23N5O5. The number of carbonyl (C=O) groups is 2. The zero-order valence-electron chi connectivity index (χ0n) is 20.1. The topological polar surface area (TPSA) is 145 Å². The van der Waals surface area contributed by atoms with Crippen LogP contribution in [0.25, 0.3) is 11.5 Å². The zero-order chi connectivity index (χ0) is 26.0. The fourth-order valence-corrected chi connectivity index (χ4v) is 4.16. The molecule has 2 heterocycles. The minimum atomic E-state index is -0.948. The number of aromatic nitrogens is 2. The highest BCUT2D eigenvalue weighted by Gasteiger charge is 2.43. The first-order valence-corrected chi connectivity index (χ1v) is 10.9. The molecule has 0 amide bonds. The Hall–Kier alpha value is -4.91. The first-order valence-electron chi connectivity index (χ1n) is 10.9. The van der Waals surface area contributed by atoms with Gasteiger partial charge in [0.05, 0.1) is 43.0 Å². The van der Waals surface area contributed by atoms with Gasteiger partial charge < -0.3 is 19.6 Å². The summed E-state index contributed by atoms with van der Waals surface area (Å²) in [7, 11) is 2.40. The molecular weight excluding hydrogens is 462 g/mol. The van der Waals surface area contributed by atoms with E-state index >= 15 is 0 Å². The number of benzene rings is 2. The predicted octanol–water partition coefficient (Wildman–Crippen LogP) is 3.25. The summed E-state index contributed by atoms with van der Waals surface area (Å²) < 4.78 is 15.7. The number of rotatable bonds is 5. The lowest BCUT2D eigenvalue weighted by atomic mass is 9.80. The molecule has 0 saturated heterocycles. The van der Waals surface area contributed by atoms with Gasteiger partial charge in [-0.3, -0.25) is 4.90 Å². The van der Waals surface area contributed by atoms with Crippen molar-refractivity contribution in [3.8, 4) is 17.5 Å². The summed E-state index contributed by atoms with van der Waals surface area (Å²) in [6.07, 6.45) is 0. The summed E-state index contributed by atoms with van der Waals surface area (Å²) in [5, 5.41) is 18.1. The van der Waals surface area contributed by atoms with Crippen LogP contribution in [0.3, 0.4) is 0 Å². The molecule has 1 aliphatic rings. The molecule has 0 bridgehead atoms.